The van der Waals surface area contributed by atoms with Gasteiger partial charge in [-0.15, -0.1) is 5.92 Å². The van der Waals surface area contributed by atoms with Gasteiger partial charge in [-0.05, 0) is 49.4 Å². The van der Waals surface area contributed by atoms with Crippen LogP contribution in [0.5, 0.6) is 5.75 Å². The van der Waals surface area contributed by atoms with Gasteiger partial charge >= 0.3 is 6.09 Å². The summed E-state index contributed by atoms with van der Waals surface area (Å²) in [5.41, 5.74) is 0.844. The summed E-state index contributed by atoms with van der Waals surface area (Å²) in [7, 11) is -4.29. The Kier molecular flexibility index (Phi) is 7.24. The maximum atomic E-state index is 13.6. The van der Waals surface area contributed by atoms with Crippen LogP contribution in [0.25, 0.3) is 0 Å². The minimum absolute atomic E-state index is 0.124. The number of nitrogens with one attached hydrogen (secondary N) is 1. The summed E-state index contributed by atoms with van der Waals surface area (Å²) in [6.07, 6.45) is -1.76. The first-order chi connectivity index (χ1) is 14.4. The van der Waals surface area contributed by atoms with Crippen molar-refractivity contribution >= 4 is 21.8 Å². The summed E-state index contributed by atoms with van der Waals surface area (Å²) in [6, 6.07) is 4.81. The molecule has 0 radical (unpaired) electrons. The summed E-state index contributed by atoms with van der Waals surface area (Å²) >= 11 is 0. The number of piperidine rings is 1. The first-order valence-electron chi connectivity index (χ1n) is 9.72. The number of amides is 2. The molecule has 2 amide bonds. The fraction of sp³-hybridized carbons (Fsp3) is 0.524. The molecule has 31 heavy (non-hydrogen) atoms. The molecule has 1 heterocycles. The number of ether oxygens (including phenoxy) is 1. The molecule has 1 aromatic carbocycles. The molecule has 2 unspecified atom stereocenters. The number of hydroxylamine groups is 1. The molecule has 2 atom stereocenters. The number of benzene rings is 1. The summed E-state index contributed by atoms with van der Waals surface area (Å²) in [5.74, 6) is 4.75. The molecular formula is C21H28N2O7S. The van der Waals surface area contributed by atoms with E-state index in [1.165, 1.54) is 29.7 Å². The zero-order chi connectivity index (χ0) is 23.4. The number of sulfone groups is 1. The van der Waals surface area contributed by atoms with Crippen LogP contribution >= 0.6 is 0 Å². The summed E-state index contributed by atoms with van der Waals surface area (Å²) in [6.45, 7) is 6.99. The van der Waals surface area contributed by atoms with Gasteiger partial charge in [0.2, 0.25) is 0 Å². The summed E-state index contributed by atoms with van der Waals surface area (Å²) in [5, 5.41) is 18.9. The zero-order valence-corrected chi connectivity index (χ0v) is 18.8. The van der Waals surface area contributed by atoms with Gasteiger partial charge in [0.05, 0.1) is 4.90 Å². The highest BCUT2D eigenvalue weighted by atomic mass is 32.2. The minimum Gasteiger partial charge on any atom is -0.481 e. The molecule has 0 spiro atoms. The van der Waals surface area contributed by atoms with E-state index in [9.17, 15) is 28.3 Å². The Morgan fingerprint density at radius 3 is 2.39 bits per heavy atom. The molecule has 1 saturated heterocycles. The third-order valence-corrected chi connectivity index (χ3v) is 8.03. The van der Waals surface area contributed by atoms with Crippen LogP contribution in [-0.2, 0) is 14.6 Å². The Morgan fingerprint density at radius 1 is 1.29 bits per heavy atom. The normalized spacial score (nSPS) is 21.6. The fourth-order valence-electron chi connectivity index (χ4n) is 3.79. The van der Waals surface area contributed by atoms with Crippen molar-refractivity contribution in [3.05, 3.63) is 24.3 Å². The van der Waals surface area contributed by atoms with E-state index in [2.05, 4.69) is 11.8 Å². The number of carboxylic acid groups (broad SMARTS) is 1. The van der Waals surface area contributed by atoms with Gasteiger partial charge in [0.1, 0.15) is 12.4 Å². The number of nitrogens with zero attached hydrogens (tertiary/aromatic N) is 1. The minimum atomic E-state index is -4.29. The lowest BCUT2D eigenvalue weighted by Gasteiger charge is -2.48. The van der Waals surface area contributed by atoms with E-state index in [-0.39, 0.29) is 30.9 Å². The highest BCUT2D eigenvalue weighted by molar-refractivity contribution is 7.93. The Hall–Kier alpha value is -2.77. The van der Waals surface area contributed by atoms with Crippen molar-refractivity contribution in [3.63, 3.8) is 0 Å². The van der Waals surface area contributed by atoms with E-state index in [1.54, 1.807) is 27.7 Å². The molecule has 3 N–H and O–H groups in total. The van der Waals surface area contributed by atoms with Crippen LogP contribution in [0.15, 0.2) is 29.2 Å². The maximum Gasteiger partial charge on any atom is 0.407 e. The van der Waals surface area contributed by atoms with Crippen LogP contribution in [-0.4, -0.2) is 59.6 Å². The SMILES string of the molecule is CC#CCOc1ccc(S(=O)(=O)C2(C(=O)NO)CCN(C(=O)O)C(C(C)(C)C)C2)cc1. The molecule has 0 aliphatic carbocycles. The molecule has 1 aliphatic rings. The fourth-order valence-corrected chi connectivity index (χ4v) is 5.76. The summed E-state index contributed by atoms with van der Waals surface area (Å²) in [4.78, 5) is 25.5. The Balaban J connectivity index is 2.50. The van der Waals surface area contributed by atoms with E-state index in [0.29, 0.717) is 5.75 Å². The molecule has 170 valence electrons. The topological polar surface area (TPSA) is 133 Å². The number of hydrogen-bond donors (Lipinski definition) is 3. The largest absolute Gasteiger partial charge is 0.481 e. The molecule has 10 heteroatoms. The lowest BCUT2D eigenvalue weighted by atomic mass is 9.76. The number of likely N-dealkylation sites (tertiary alicyclic amines) is 1. The van der Waals surface area contributed by atoms with Gasteiger partial charge < -0.3 is 14.7 Å². The Bertz CT molecular complexity index is 987. The third kappa shape index (κ3) is 4.78. The summed E-state index contributed by atoms with van der Waals surface area (Å²) < 4.78 is 30.6. The van der Waals surface area contributed by atoms with Crippen molar-refractivity contribution in [2.45, 2.75) is 56.2 Å². The molecule has 2 rings (SSSR count). The van der Waals surface area contributed by atoms with Crippen molar-refractivity contribution < 1.29 is 33.1 Å². The second kappa shape index (κ2) is 9.16. The predicted octanol–water partition coefficient (Wildman–Crippen LogP) is 2.30. The molecule has 0 saturated carbocycles. The molecule has 9 nitrogen and oxygen atoms in total. The quantitative estimate of drug-likeness (QED) is 0.355. The van der Waals surface area contributed by atoms with E-state index in [1.807, 2.05) is 0 Å². The first kappa shape index (κ1) is 24.5. The van der Waals surface area contributed by atoms with Crippen LogP contribution in [0.2, 0.25) is 0 Å². The van der Waals surface area contributed by atoms with E-state index < -0.39 is 38.0 Å². The second-order valence-electron chi connectivity index (χ2n) is 8.44. The van der Waals surface area contributed by atoms with Crippen LogP contribution in [0.4, 0.5) is 4.79 Å². The van der Waals surface area contributed by atoms with Crippen LogP contribution in [0.1, 0.15) is 40.5 Å². The second-order valence-corrected chi connectivity index (χ2v) is 10.7. The van der Waals surface area contributed by atoms with Gasteiger partial charge in [-0.25, -0.2) is 18.7 Å². The Labute approximate surface area is 182 Å². The number of hydrogen-bond acceptors (Lipinski definition) is 6. The standard InChI is InChI=1S/C21H28N2O7S/c1-5-6-13-30-15-7-9-16(10-8-15)31(28,29)21(18(24)22-27)11-12-23(19(25)26)17(14-21)20(2,3)4/h7-10,17,27H,11-14H2,1-4H3,(H,22,24)(H,25,26). The van der Waals surface area contributed by atoms with Crippen molar-refractivity contribution in [1.29, 1.82) is 0 Å². The monoisotopic (exact) mass is 452 g/mol. The first-order valence-corrected chi connectivity index (χ1v) is 11.2. The molecule has 0 bridgehead atoms. The molecule has 1 fully saturated rings. The molecular weight excluding hydrogens is 424 g/mol. The number of carbonyl (C=O) groups excluding carboxylic acids is 1. The number of rotatable bonds is 5. The zero-order valence-electron chi connectivity index (χ0n) is 18.0. The smallest absolute Gasteiger partial charge is 0.407 e. The Morgan fingerprint density at radius 2 is 1.90 bits per heavy atom. The molecule has 0 aromatic heterocycles. The lowest BCUT2D eigenvalue weighted by Crippen LogP contribution is -2.63. The van der Waals surface area contributed by atoms with Crippen LogP contribution in [0, 0.1) is 17.3 Å². The van der Waals surface area contributed by atoms with Gasteiger partial charge in [0, 0.05) is 12.6 Å². The van der Waals surface area contributed by atoms with Crippen molar-refractivity contribution in [2.24, 2.45) is 5.41 Å². The average molecular weight is 453 g/mol. The van der Waals surface area contributed by atoms with E-state index in [0.717, 1.165) is 4.90 Å². The highest BCUT2D eigenvalue weighted by Gasteiger charge is 2.57. The maximum absolute atomic E-state index is 13.6. The van der Waals surface area contributed by atoms with Crippen molar-refractivity contribution in [1.82, 2.24) is 10.4 Å². The van der Waals surface area contributed by atoms with Crippen molar-refractivity contribution in [2.75, 3.05) is 13.2 Å². The van der Waals surface area contributed by atoms with Crippen molar-refractivity contribution in [3.8, 4) is 17.6 Å². The number of carbonyl (C=O) groups is 2. The van der Waals surface area contributed by atoms with Gasteiger partial charge in [-0.3, -0.25) is 10.0 Å². The average Bonchev–Trinajstić information content (AvgIpc) is 2.72. The molecule has 1 aliphatic heterocycles. The molecule has 1 aromatic rings. The van der Waals surface area contributed by atoms with Crippen LogP contribution in [0.3, 0.4) is 0 Å². The van der Waals surface area contributed by atoms with Gasteiger partial charge in [-0.1, -0.05) is 26.7 Å². The highest BCUT2D eigenvalue weighted by Crippen LogP contribution is 2.43. The van der Waals surface area contributed by atoms with E-state index >= 15 is 0 Å². The lowest BCUT2D eigenvalue weighted by molar-refractivity contribution is -0.134. The predicted molar refractivity (Wildman–Crippen MR) is 112 cm³/mol. The van der Waals surface area contributed by atoms with Gasteiger partial charge in [0.15, 0.2) is 14.6 Å². The van der Waals surface area contributed by atoms with Crippen LogP contribution < -0.4 is 10.2 Å². The van der Waals surface area contributed by atoms with Gasteiger partial charge in [0.25, 0.3) is 5.91 Å². The third-order valence-electron chi connectivity index (χ3n) is 5.55. The van der Waals surface area contributed by atoms with E-state index in [4.69, 9.17) is 4.74 Å². The van der Waals surface area contributed by atoms with Gasteiger partial charge in [-0.2, -0.15) is 0 Å².